The molecule has 6 nitrogen and oxygen atoms in total. The van der Waals surface area contributed by atoms with E-state index in [2.05, 4.69) is 25.5 Å². The molecule has 0 saturated carbocycles. The van der Waals surface area contributed by atoms with Gasteiger partial charge in [-0.05, 0) is 19.1 Å². The normalized spacial score (nSPS) is 10.9. The molecule has 0 spiro atoms. The smallest absolute Gasteiger partial charge is 0.302 e. The number of benzene rings is 1. The van der Waals surface area contributed by atoms with Crippen molar-refractivity contribution in [1.82, 2.24) is 20.2 Å². The van der Waals surface area contributed by atoms with Crippen molar-refractivity contribution in [2.75, 3.05) is 5.32 Å². The topological polar surface area (TPSA) is 79.6 Å². The summed E-state index contributed by atoms with van der Waals surface area (Å²) in [5.41, 5.74) is 1.24. The summed E-state index contributed by atoms with van der Waals surface area (Å²) in [5.74, 6) is 1.19. The fourth-order valence-corrected chi connectivity index (χ4v) is 1.68. The number of nitrogens with one attached hydrogen (secondary N) is 2. The Kier molecular flexibility index (Phi) is 2.22. The summed E-state index contributed by atoms with van der Waals surface area (Å²) in [5, 5.41) is 11.1. The summed E-state index contributed by atoms with van der Waals surface area (Å²) < 4.78 is 5.47. The van der Waals surface area contributed by atoms with Crippen LogP contribution < -0.4 is 5.32 Å². The molecule has 0 radical (unpaired) electrons. The van der Waals surface area contributed by atoms with E-state index in [1.165, 1.54) is 0 Å². The number of halogens is 1. The van der Waals surface area contributed by atoms with Crippen molar-refractivity contribution in [2.45, 2.75) is 6.92 Å². The maximum atomic E-state index is 5.98. The Bertz CT molecular complexity index is 674. The molecule has 0 saturated heterocycles. The Morgan fingerprint density at radius 2 is 2.24 bits per heavy atom. The fraction of sp³-hybridized carbons (Fsp3) is 0.100. The van der Waals surface area contributed by atoms with E-state index in [1.54, 1.807) is 13.0 Å². The Labute approximate surface area is 101 Å². The van der Waals surface area contributed by atoms with Crippen LogP contribution in [0.5, 0.6) is 0 Å². The monoisotopic (exact) mass is 249 g/mol. The maximum absolute atomic E-state index is 5.98. The first-order valence-corrected chi connectivity index (χ1v) is 5.31. The van der Waals surface area contributed by atoms with Crippen molar-refractivity contribution < 1.29 is 4.42 Å². The van der Waals surface area contributed by atoms with Crippen molar-refractivity contribution in [3.63, 3.8) is 0 Å². The van der Waals surface area contributed by atoms with Crippen LogP contribution >= 0.6 is 11.6 Å². The van der Waals surface area contributed by atoms with Gasteiger partial charge < -0.3 is 9.40 Å². The summed E-state index contributed by atoms with van der Waals surface area (Å²) >= 11 is 5.98. The van der Waals surface area contributed by atoms with Crippen LogP contribution in [0.15, 0.2) is 22.6 Å². The molecule has 0 aliphatic rings. The molecular weight excluding hydrogens is 242 g/mol. The molecule has 0 unspecified atom stereocenters. The molecule has 1 aromatic carbocycles. The Balaban J connectivity index is 1.98. The molecule has 7 heteroatoms. The molecule has 3 rings (SSSR count). The standard InChI is InChI=1S/C10H8ClN5O/c1-5-12-9(16-15-5)14-10-13-7-4-2-3-6(11)8(7)17-10/h2-4H,1H3,(H2,12,13,14,15,16). The lowest BCUT2D eigenvalue weighted by molar-refractivity contribution is 0.622. The van der Waals surface area contributed by atoms with Crippen molar-refractivity contribution in [1.29, 1.82) is 0 Å². The van der Waals surface area contributed by atoms with Gasteiger partial charge in [-0.2, -0.15) is 4.98 Å². The predicted molar refractivity (Wildman–Crippen MR) is 63.4 cm³/mol. The average molecular weight is 250 g/mol. The largest absolute Gasteiger partial charge is 0.422 e. The summed E-state index contributed by atoms with van der Waals surface area (Å²) in [7, 11) is 0. The van der Waals surface area contributed by atoms with Gasteiger partial charge in [0.15, 0.2) is 5.58 Å². The van der Waals surface area contributed by atoms with Gasteiger partial charge in [-0.3, -0.25) is 5.32 Å². The third-order valence-corrected chi connectivity index (χ3v) is 2.49. The molecule has 86 valence electrons. The first kappa shape index (κ1) is 10.1. The number of hydrogen-bond donors (Lipinski definition) is 2. The number of para-hydroxylation sites is 1. The highest BCUT2D eigenvalue weighted by atomic mass is 35.5. The number of nitrogens with zero attached hydrogens (tertiary/aromatic N) is 3. The SMILES string of the molecule is Cc1nnc(Nc2nc3cccc(Cl)c3o2)[nH]1. The maximum Gasteiger partial charge on any atom is 0.302 e. The van der Waals surface area contributed by atoms with Crippen molar-refractivity contribution in [2.24, 2.45) is 0 Å². The van der Waals surface area contributed by atoms with Crippen molar-refractivity contribution in [3.05, 3.63) is 29.0 Å². The number of aryl methyl sites for hydroxylation is 1. The third-order valence-electron chi connectivity index (χ3n) is 2.19. The van der Waals surface area contributed by atoms with E-state index in [1.807, 2.05) is 12.1 Å². The second-order valence-electron chi connectivity index (χ2n) is 3.49. The molecule has 0 atom stereocenters. The van der Waals surface area contributed by atoms with E-state index in [9.17, 15) is 0 Å². The second kappa shape index (κ2) is 3.74. The molecule has 0 aliphatic heterocycles. The van der Waals surface area contributed by atoms with Crippen LogP contribution in [0.4, 0.5) is 12.0 Å². The fourth-order valence-electron chi connectivity index (χ4n) is 1.47. The minimum Gasteiger partial charge on any atom is -0.422 e. The number of aromatic amines is 1. The van der Waals surface area contributed by atoms with Gasteiger partial charge in [-0.25, -0.2) is 0 Å². The number of oxazole rings is 1. The minimum atomic E-state index is 0.323. The number of fused-ring (bicyclic) bond motifs is 1. The van der Waals surface area contributed by atoms with Gasteiger partial charge in [0, 0.05) is 0 Å². The summed E-state index contributed by atoms with van der Waals surface area (Å²) in [6, 6.07) is 5.71. The van der Waals surface area contributed by atoms with Crippen LogP contribution in [0.1, 0.15) is 5.82 Å². The molecule has 2 aromatic heterocycles. The van der Waals surface area contributed by atoms with E-state index >= 15 is 0 Å². The van der Waals surface area contributed by atoms with E-state index < -0.39 is 0 Å². The molecule has 3 aromatic rings. The van der Waals surface area contributed by atoms with E-state index in [-0.39, 0.29) is 0 Å². The Hall–Kier alpha value is -2.08. The highest BCUT2D eigenvalue weighted by Crippen LogP contribution is 2.26. The zero-order chi connectivity index (χ0) is 11.8. The zero-order valence-corrected chi connectivity index (χ0v) is 9.62. The number of hydrogen-bond acceptors (Lipinski definition) is 5. The quantitative estimate of drug-likeness (QED) is 0.730. The van der Waals surface area contributed by atoms with Gasteiger partial charge in [0.25, 0.3) is 0 Å². The number of aromatic nitrogens is 4. The van der Waals surface area contributed by atoms with Gasteiger partial charge in [0.1, 0.15) is 11.3 Å². The Morgan fingerprint density at radius 3 is 2.94 bits per heavy atom. The average Bonchev–Trinajstić information content (AvgIpc) is 2.86. The second-order valence-corrected chi connectivity index (χ2v) is 3.90. The molecule has 0 fully saturated rings. The Morgan fingerprint density at radius 1 is 1.35 bits per heavy atom. The molecule has 0 amide bonds. The lowest BCUT2D eigenvalue weighted by Crippen LogP contribution is -1.91. The van der Waals surface area contributed by atoms with Crippen LogP contribution in [0.25, 0.3) is 11.1 Å². The number of H-pyrrole nitrogens is 1. The molecule has 2 heterocycles. The summed E-state index contributed by atoms with van der Waals surface area (Å²) in [6.45, 7) is 1.81. The minimum absolute atomic E-state index is 0.323. The van der Waals surface area contributed by atoms with Crippen LogP contribution in [-0.4, -0.2) is 20.2 Å². The predicted octanol–water partition coefficient (Wildman–Crippen LogP) is 2.65. The van der Waals surface area contributed by atoms with E-state index in [4.69, 9.17) is 16.0 Å². The van der Waals surface area contributed by atoms with E-state index in [0.717, 1.165) is 0 Å². The lowest BCUT2D eigenvalue weighted by Gasteiger charge is -1.93. The van der Waals surface area contributed by atoms with E-state index in [0.29, 0.717) is 33.9 Å². The van der Waals surface area contributed by atoms with Crippen LogP contribution in [0.2, 0.25) is 5.02 Å². The number of anilines is 2. The van der Waals surface area contributed by atoms with Gasteiger partial charge in [-0.15, -0.1) is 10.2 Å². The van der Waals surface area contributed by atoms with Crippen LogP contribution in [0, 0.1) is 6.92 Å². The number of rotatable bonds is 2. The molecular formula is C10H8ClN5O. The van der Waals surface area contributed by atoms with Gasteiger partial charge in [0.05, 0.1) is 5.02 Å². The molecule has 17 heavy (non-hydrogen) atoms. The molecule has 0 bridgehead atoms. The summed E-state index contributed by atoms with van der Waals surface area (Å²) in [6.07, 6.45) is 0. The van der Waals surface area contributed by atoms with Crippen molar-refractivity contribution in [3.8, 4) is 0 Å². The highest BCUT2D eigenvalue weighted by Gasteiger charge is 2.09. The van der Waals surface area contributed by atoms with Gasteiger partial charge in [-0.1, -0.05) is 17.7 Å². The lowest BCUT2D eigenvalue weighted by atomic mass is 10.3. The molecule has 2 N–H and O–H groups in total. The molecule has 0 aliphatic carbocycles. The van der Waals surface area contributed by atoms with Gasteiger partial charge >= 0.3 is 6.01 Å². The van der Waals surface area contributed by atoms with Gasteiger partial charge in [0.2, 0.25) is 5.95 Å². The van der Waals surface area contributed by atoms with Crippen molar-refractivity contribution >= 4 is 34.7 Å². The summed E-state index contributed by atoms with van der Waals surface area (Å²) in [4.78, 5) is 7.15. The first-order chi connectivity index (χ1) is 8.22. The third kappa shape index (κ3) is 1.83. The van der Waals surface area contributed by atoms with Crippen LogP contribution in [0.3, 0.4) is 0 Å². The van der Waals surface area contributed by atoms with Crippen LogP contribution in [-0.2, 0) is 0 Å². The zero-order valence-electron chi connectivity index (χ0n) is 8.86. The first-order valence-electron chi connectivity index (χ1n) is 4.94. The highest BCUT2D eigenvalue weighted by molar-refractivity contribution is 6.34.